The first-order valence-electron chi connectivity index (χ1n) is 7.22. The third-order valence-electron chi connectivity index (χ3n) is 3.41. The second-order valence-corrected chi connectivity index (χ2v) is 5.26. The normalized spacial score (nSPS) is 15.8. The summed E-state index contributed by atoms with van der Waals surface area (Å²) < 4.78 is 0. The molecule has 0 unspecified atom stereocenters. The molecule has 0 amide bonds. The number of piperazine rings is 1. The van der Waals surface area contributed by atoms with Crippen molar-refractivity contribution in [3.63, 3.8) is 0 Å². The van der Waals surface area contributed by atoms with E-state index in [-0.39, 0.29) is 0 Å². The van der Waals surface area contributed by atoms with Gasteiger partial charge >= 0.3 is 0 Å². The molecule has 4 nitrogen and oxygen atoms in total. The lowest BCUT2D eigenvalue weighted by molar-refractivity contribution is 0.373. The van der Waals surface area contributed by atoms with Crippen LogP contribution in [-0.4, -0.2) is 50.1 Å². The number of rotatable bonds is 3. The first-order chi connectivity index (χ1) is 10.2. The Morgan fingerprint density at radius 2 is 2.14 bits per heavy atom. The third kappa shape index (κ3) is 4.30. The molecule has 1 aliphatic heterocycles. The summed E-state index contributed by atoms with van der Waals surface area (Å²) in [6, 6.07) is 7.99. The zero-order valence-corrected chi connectivity index (χ0v) is 13.1. The number of benzene rings is 1. The molecule has 1 saturated heterocycles. The van der Waals surface area contributed by atoms with Crippen LogP contribution < -0.4 is 10.2 Å². The number of anilines is 1. The Labute approximate surface area is 131 Å². The van der Waals surface area contributed by atoms with Crippen molar-refractivity contribution in [2.75, 3.05) is 44.2 Å². The van der Waals surface area contributed by atoms with Crippen molar-refractivity contribution in [1.82, 2.24) is 10.2 Å². The second-order valence-electron chi connectivity index (χ2n) is 4.83. The standard InChI is InChI=1S/C16H21ClN4/c1-3-8-19-16(18-4-2)21-11-9-20(10-12-21)15-7-5-6-14(17)13-15/h1,5-7,13H,4,8-12H2,2H3,(H,18,19). The summed E-state index contributed by atoms with van der Waals surface area (Å²) in [5, 5.41) is 4.07. The summed E-state index contributed by atoms with van der Waals surface area (Å²) in [5.41, 5.74) is 1.17. The fourth-order valence-corrected chi connectivity index (χ4v) is 2.58. The maximum Gasteiger partial charge on any atom is 0.195 e. The average molecular weight is 305 g/mol. The van der Waals surface area contributed by atoms with Gasteiger partial charge in [-0.3, -0.25) is 0 Å². The molecule has 1 N–H and O–H groups in total. The van der Waals surface area contributed by atoms with E-state index in [1.165, 1.54) is 5.69 Å². The van der Waals surface area contributed by atoms with Crippen LogP contribution in [-0.2, 0) is 0 Å². The molecule has 0 aliphatic carbocycles. The monoisotopic (exact) mass is 304 g/mol. The van der Waals surface area contributed by atoms with Gasteiger partial charge in [0.2, 0.25) is 0 Å². The number of aliphatic imine (C=N–C) groups is 1. The first-order valence-corrected chi connectivity index (χ1v) is 7.59. The largest absolute Gasteiger partial charge is 0.368 e. The van der Waals surface area contributed by atoms with Crippen LogP contribution in [0.15, 0.2) is 29.3 Å². The Kier molecular flexibility index (Phi) is 5.77. The van der Waals surface area contributed by atoms with Gasteiger partial charge < -0.3 is 15.1 Å². The topological polar surface area (TPSA) is 30.9 Å². The molecule has 0 atom stereocenters. The van der Waals surface area contributed by atoms with E-state index in [9.17, 15) is 0 Å². The van der Waals surface area contributed by atoms with E-state index >= 15 is 0 Å². The predicted molar refractivity (Wildman–Crippen MR) is 90.0 cm³/mol. The number of guanidine groups is 1. The Bertz CT molecular complexity index is 527. The molecule has 1 aromatic carbocycles. The minimum absolute atomic E-state index is 0.414. The quantitative estimate of drug-likeness (QED) is 0.527. The molecule has 0 saturated carbocycles. The molecule has 1 aromatic rings. The van der Waals surface area contributed by atoms with Crippen LogP contribution in [0.3, 0.4) is 0 Å². The Hall–Kier alpha value is -1.86. The van der Waals surface area contributed by atoms with E-state index in [0.717, 1.165) is 43.7 Å². The van der Waals surface area contributed by atoms with Crippen molar-refractivity contribution >= 4 is 23.2 Å². The van der Waals surface area contributed by atoms with Gasteiger partial charge in [-0.15, -0.1) is 6.42 Å². The first kappa shape index (κ1) is 15.5. The van der Waals surface area contributed by atoms with Crippen LogP contribution in [0, 0.1) is 12.3 Å². The van der Waals surface area contributed by atoms with Crippen LogP contribution in [0.25, 0.3) is 0 Å². The second kappa shape index (κ2) is 7.80. The zero-order chi connectivity index (χ0) is 15.1. The third-order valence-corrected chi connectivity index (χ3v) is 3.64. The van der Waals surface area contributed by atoms with Crippen molar-refractivity contribution in [1.29, 1.82) is 0 Å². The molecule has 0 aromatic heterocycles. The van der Waals surface area contributed by atoms with Gasteiger partial charge in [0, 0.05) is 43.4 Å². The van der Waals surface area contributed by atoms with Crippen molar-refractivity contribution in [3.05, 3.63) is 29.3 Å². The van der Waals surface area contributed by atoms with Gasteiger partial charge in [0.1, 0.15) is 6.54 Å². The van der Waals surface area contributed by atoms with E-state index < -0.39 is 0 Å². The Balaban J connectivity index is 1.97. The van der Waals surface area contributed by atoms with Gasteiger partial charge in [-0.05, 0) is 25.1 Å². The molecule has 1 aliphatic rings. The van der Waals surface area contributed by atoms with Crippen LogP contribution in [0.2, 0.25) is 5.02 Å². The molecular formula is C16H21ClN4. The molecular weight excluding hydrogens is 284 g/mol. The van der Waals surface area contributed by atoms with Crippen molar-refractivity contribution < 1.29 is 0 Å². The van der Waals surface area contributed by atoms with Gasteiger partial charge in [0.05, 0.1) is 0 Å². The fourth-order valence-electron chi connectivity index (χ4n) is 2.40. The number of nitrogens with zero attached hydrogens (tertiary/aromatic N) is 3. The molecule has 0 bridgehead atoms. The number of terminal acetylenes is 1. The van der Waals surface area contributed by atoms with Gasteiger partial charge in [-0.2, -0.15) is 0 Å². The predicted octanol–water partition coefficient (Wildman–Crippen LogP) is 2.06. The minimum Gasteiger partial charge on any atom is -0.368 e. The van der Waals surface area contributed by atoms with E-state index in [1.807, 2.05) is 18.2 Å². The van der Waals surface area contributed by atoms with Crippen molar-refractivity contribution in [2.45, 2.75) is 6.92 Å². The molecule has 21 heavy (non-hydrogen) atoms. The molecule has 0 radical (unpaired) electrons. The molecule has 0 spiro atoms. The number of halogens is 1. The van der Waals surface area contributed by atoms with Crippen molar-refractivity contribution in [2.24, 2.45) is 4.99 Å². The smallest absolute Gasteiger partial charge is 0.195 e. The van der Waals surface area contributed by atoms with Gasteiger partial charge in [0.15, 0.2) is 5.96 Å². The van der Waals surface area contributed by atoms with E-state index in [1.54, 1.807) is 0 Å². The summed E-state index contributed by atoms with van der Waals surface area (Å²) in [5.74, 6) is 3.46. The molecule has 1 fully saturated rings. The minimum atomic E-state index is 0.414. The van der Waals surface area contributed by atoms with Crippen molar-refractivity contribution in [3.8, 4) is 12.3 Å². The average Bonchev–Trinajstić information content (AvgIpc) is 2.52. The summed E-state index contributed by atoms with van der Waals surface area (Å²) in [4.78, 5) is 9.02. The lowest BCUT2D eigenvalue weighted by Gasteiger charge is -2.37. The van der Waals surface area contributed by atoms with Gasteiger partial charge in [0.25, 0.3) is 0 Å². The van der Waals surface area contributed by atoms with Gasteiger partial charge in [-0.1, -0.05) is 23.6 Å². The molecule has 112 valence electrons. The van der Waals surface area contributed by atoms with Crippen LogP contribution in [0.1, 0.15) is 6.92 Å². The maximum atomic E-state index is 6.06. The zero-order valence-electron chi connectivity index (χ0n) is 12.3. The number of nitrogens with one attached hydrogen (secondary N) is 1. The summed E-state index contributed by atoms with van der Waals surface area (Å²) >= 11 is 6.06. The van der Waals surface area contributed by atoms with Crippen LogP contribution in [0.4, 0.5) is 5.69 Å². The van der Waals surface area contributed by atoms with Crippen LogP contribution in [0.5, 0.6) is 0 Å². The summed E-state index contributed by atoms with van der Waals surface area (Å²) in [6.45, 7) is 7.05. The van der Waals surface area contributed by atoms with Gasteiger partial charge in [-0.25, -0.2) is 4.99 Å². The summed E-state index contributed by atoms with van der Waals surface area (Å²) in [6.07, 6.45) is 5.29. The highest BCUT2D eigenvalue weighted by Crippen LogP contribution is 2.20. The highest BCUT2D eigenvalue weighted by Gasteiger charge is 2.19. The maximum absolute atomic E-state index is 6.06. The van der Waals surface area contributed by atoms with E-state index in [2.05, 4.69) is 39.0 Å². The molecule has 2 rings (SSSR count). The molecule has 1 heterocycles. The highest BCUT2D eigenvalue weighted by atomic mass is 35.5. The lowest BCUT2D eigenvalue weighted by Crippen LogP contribution is -2.52. The van der Waals surface area contributed by atoms with Crippen LogP contribution >= 0.6 is 11.6 Å². The highest BCUT2D eigenvalue weighted by molar-refractivity contribution is 6.30. The van der Waals surface area contributed by atoms with E-state index in [4.69, 9.17) is 18.0 Å². The summed E-state index contributed by atoms with van der Waals surface area (Å²) in [7, 11) is 0. The Morgan fingerprint density at radius 3 is 2.76 bits per heavy atom. The fraction of sp³-hybridized carbons (Fsp3) is 0.438. The SMILES string of the molecule is C#CCN=C(NCC)N1CCN(c2cccc(Cl)c2)CC1. The Morgan fingerprint density at radius 1 is 1.38 bits per heavy atom. The lowest BCUT2D eigenvalue weighted by atomic mass is 10.2. The number of hydrogen-bond acceptors (Lipinski definition) is 2. The molecule has 5 heteroatoms. The number of hydrogen-bond donors (Lipinski definition) is 1. The van der Waals surface area contributed by atoms with E-state index in [0.29, 0.717) is 6.54 Å².